The first-order chi connectivity index (χ1) is 14.5. The number of rotatable bonds is 5. The molecule has 4 fully saturated rings. The number of hydrogen-bond donors (Lipinski definition) is 1. The van der Waals surface area contributed by atoms with Crippen LogP contribution in [-0.4, -0.2) is 41.1 Å². The number of carbonyl (C=O) groups excluding carboxylic acids is 1. The van der Waals surface area contributed by atoms with E-state index in [0.717, 1.165) is 23.7 Å². The summed E-state index contributed by atoms with van der Waals surface area (Å²) in [6, 6.07) is 4.36. The van der Waals surface area contributed by atoms with Crippen molar-refractivity contribution in [2.24, 2.45) is 29.6 Å². The highest BCUT2D eigenvalue weighted by molar-refractivity contribution is 6.32. The van der Waals surface area contributed by atoms with Crippen LogP contribution in [-0.2, 0) is 4.79 Å². The van der Waals surface area contributed by atoms with E-state index in [1.54, 1.807) is 18.2 Å². The molecule has 1 heterocycles. The second-order valence-corrected chi connectivity index (χ2v) is 10.3. The summed E-state index contributed by atoms with van der Waals surface area (Å²) < 4.78 is 6.16. The van der Waals surface area contributed by atoms with Gasteiger partial charge in [0.1, 0.15) is 11.8 Å². The van der Waals surface area contributed by atoms with Gasteiger partial charge in [0, 0.05) is 12.1 Å². The fraction of sp³-hybridized carbons (Fsp3) is 0.667. The van der Waals surface area contributed by atoms with E-state index in [0.29, 0.717) is 48.2 Å². The smallest absolute Gasteiger partial charge is 0.326 e. The number of nitrogens with zero attached hydrogens (tertiary/aromatic N) is 1. The molecule has 3 bridgehead atoms. The molecule has 4 aliphatic rings. The van der Waals surface area contributed by atoms with E-state index in [4.69, 9.17) is 16.3 Å². The van der Waals surface area contributed by atoms with E-state index in [2.05, 4.69) is 0 Å². The van der Waals surface area contributed by atoms with Gasteiger partial charge in [-0.15, -0.1) is 0 Å². The van der Waals surface area contributed by atoms with Crippen molar-refractivity contribution < 1.29 is 19.4 Å². The molecule has 5 rings (SSSR count). The van der Waals surface area contributed by atoms with Crippen molar-refractivity contribution in [1.82, 2.24) is 4.90 Å². The fourth-order valence-electron chi connectivity index (χ4n) is 6.85. The monoisotopic (exact) mass is 431 g/mol. The van der Waals surface area contributed by atoms with Crippen LogP contribution in [0.15, 0.2) is 18.2 Å². The Kier molecular flexibility index (Phi) is 5.42. The maximum atomic E-state index is 12.8. The Morgan fingerprint density at radius 1 is 1.10 bits per heavy atom. The summed E-state index contributed by atoms with van der Waals surface area (Å²) in [5.41, 5.74) is 0.422. The molecular weight excluding hydrogens is 402 g/mol. The standard InChI is InChI=1S/C24H30ClNO4/c25-20-12-16(23(27)26-7-1-2-21(26)24(28)29)4-6-22(20)30-13-18-11-15-8-14-3-5-19(18)17(9-14)10-15/h4,6,12,14-15,17-19,21H,1-3,5,7-11,13H2,(H,28,29)/t14?,15?,17?,18?,19?,21-/m0/s1. The largest absolute Gasteiger partial charge is 0.492 e. The number of benzene rings is 1. The van der Waals surface area contributed by atoms with Crippen LogP contribution >= 0.6 is 11.6 Å². The highest BCUT2D eigenvalue weighted by Gasteiger charge is 2.45. The lowest BCUT2D eigenvalue weighted by atomic mass is 9.54. The summed E-state index contributed by atoms with van der Waals surface area (Å²) in [4.78, 5) is 25.6. The topological polar surface area (TPSA) is 66.8 Å². The minimum atomic E-state index is -0.946. The van der Waals surface area contributed by atoms with Crippen LogP contribution in [0.1, 0.15) is 61.7 Å². The number of ether oxygens (including phenoxy) is 1. The van der Waals surface area contributed by atoms with Gasteiger partial charge >= 0.3 is 5.97 Å². The van der Waals surface area contributed by atoms with Gasteiger partial charge in [-0.3, -0.25) is 4.79 Å². The van der Waals surface area contributed by atoms with Crippen molar-refractivity contribution in [2.45, 2.75) is 57.4 Å². The molecule has 1 saturated heterocycles. The third-order valence-electron chi connectivity index (χ3n) is 8.12. The van der Waals surface area contributed by atoms with Crippen LogP contribution < -0.4 is 4.74 Å². The SMILES string of the molecule is O=C(O)[C@@H]1CCCN1C(=O)c1ccc(OCC2CC3CC4CCC2C(C4)C3)c(Cl)c1. The predicted octanol–water partition coefficient (Wildman–Crippen LogP) is 4.87. The number of likely N-dealkylation sites (tertiary alicyclic amines) is 1. The zero-order valence-electron chi connectivity index (χ0n) is 17.3. The molecular formula is C24H30ClNO4. The highest BCUT2D eigenvalue weighted by atomic mass is 35.5. The molecule has 0 aromatic heterocycles. The van der Waals surface area contributed by atoms with E-state index < -0.39 is 12.0 Å². The number of carboxylic acid groups (broad SMARTS) is 1. The van der Waals surface area contributed by atoms with E-state index in [9.17, 15) is 14.7 Å². The molecule has 1 aliphatic heterocycles. The Labute approximate surface area is 182 Å². The third-order valence-corrected chi connectivity index (χ3v) is 8.42. The van der Waals surface area contributed by atoms with Crippen LogP contribution in [0.5, 0.6) is 5.75 Å². The summed E-state index contributed by atoms with van der Waals surface area (Å²) in [6.45, 7) is 1.17. The van der Waals surface area contributed by atoms with E-state index in [1.165, 1.54) is 43.4 Å². The van der Waals surface area contributed by atoms with Gasteiger partial charge in [-0.1, -0.05) is 18.0 Å². The van der Waals surface area contributed by atoms with Crippen LogP contribution in [0.4, 0.5) is 0 Å². The molecule has 162 valence electrons. The number of fused-ring (bicyclic) bond motifs is 2. The average Bonchev–Trinajstić information content (AvgIpc) is 3.21. The number of amides is 1. The Hall–Kier alpha value is -1.75. The molecule has 3 saturated carbocycles. The number of carboxylic acids is 1. The number of aliphatic carboxylic acids is 1. The lowest BCUT2D eigenvalue weighted by Gasteiger charge is -2.51. The third kappa shape index (κ3) is 3.70. The average molecular weight is 432 g/mol. The first-order valence-electron chi connectivity index (χ1n) is 11.5. The fourth-order valence-corrected chi connectivity index (χ4v) is 7.09. The van der Waals surface area contributed by atoms with Crippen LogP contribution in [0.25, 0.3) is 0 Å². The number of halogens is 1. The molecule has 0 spiro atoms. The molecule has 1 N–H and O–H groups in total. The number of hydrogen-bond acceptors (Lipinski definition) is 3. The molecule has 1 aromatic carbocycles. The Bertz CT molecular complexity index is 836. The summed E-state index contributed by atoms with van der Waals surface area (Å²) in [5, 5.41) is 9.76. The highest BCUT2D eigenvalue weighted by Crippen LogP contribution is 2.54. The van der Waals surface area contributed by atoms with Gasteiger partial charge < -0.3 is 14.7 Å². The van der Waals surface area contributed by atoms with Crippen molar-refractivity contribution in [3.05, 3.63) is 28.8 Å². The normalized spacial score (nSPS) is 34.8. The van der Waals surface area contributed by atoms with Crippen molar-refractivity contribution in [3.8, 4) is 5.75 Å². The molecule has 1 amide bonds. The van der Waals surface area contributed by atoms with Gasteiger partial charge in [0.05, 0.1) is 11.6 Å². The van der Waals surface area contributed by atoms with Gasteiger partial charge in [0.15, 0.2) is 0 Å². The molecule has 6 atom stereocenters. The van der Waals surface area contributed by atoms with Gasteiger partial charge in [0.25, 0.3) is 5.91 Å². The number of carbonyl (C=O) groups is 2. The van der Waals surface area contributed by atoms with Crippen LogP contribution in [0, 0.1) is 29.6 Å². The lowest BCUT2D eigenvalue weighted by Crippen LogP contribution is -2.44. The first-order valence-corrected chi connectivity index (χ1v) is 11.8. The molecule has 6 heteroatoms. The zero-order chi connectivity index (χ0) is 20.8. The van der Waals surface area contributed by atoms with Crippen molar-refractivity contribution >= 4 is 23.5 Å². The van der Waals surface area contributed by atoms with E-state index in [-0.39, 0.29) is 5.91 Å². The first kappa shape index (κ1) is 20.2. The lowest BCUT2D eigenvalue weighted by molar-refractivity contribution is -0.141. The zero-order valence-corrected chi connectivity index (χ0v) is 18.0. The Balaban J connectivity index is 1.24. The summed E-state index contributed by atoms with van der Waals surface area (Å²) in [5.74, 6) is 3.54. The minimum Gasteiger partial charge on any atom is -0.492 e. The maximum absolute atomic E-state index is 12.8. The molecule has 30 heavy (non-hydrogen) atoms. The summed E-state index contributed by atoms with van der Waals surface area (Å²) >= 11 is 6.46. The Morgan fingerprint density at radius 2 is 1.93 bits per heavy atom. The summed E-state index contributed by atoms with van der Waals surface area (Å²) in [6.07, 6.45) is 9.47. The molecule has 3 aliphatic carbocycles. The van der Waals surface area contributed by atoms with Crippen molar-refractivity contribution in [1.29, 1.82) is 0 Å². The summed E-state index contributed by atoms with van der Waals surface area (Å²) in [7, 11) is 0. The van der Waals surface area contributed by atoms with Crippen molar-refractivity contribution in [3.63, 3.8) is 0 Å². The van der Waals surface area contributed by atoms with Gasteiger partial charge in [-0.05, 0) is 92.7 Å². The molecule has 0 radical (unpaired) electrons. The predicted molar refractivity (Wildman–Crippen MR) is 114 cm³/mol. The van der Waals surface area contributed by atoms with E-state index >= 15 is 0 Å². The van der Waals surface area contributed by atoms with Gasteiger partial charge in [-0.2, -0.15) is 0 Å². The quantitative estimate of drug-likeness (QED) is 0.722. The molecule has 5 unspecified atom stereocenters. The maximum Gasteiger partial charge on any atom is 0.326 e. The minimum absolute atomic E-state index is 0.273. The molecule has 5 nitrogen and oxygen atoms in total. The molecule has 1 aromatic rings. The van der Waals surface area contributed by atoms with Gasteiger partial charge in [0.2, 0.25) is 0 Å². The van der Waals surface area contributed by atoms with E-state index in [1.807, 2.05) is 0 Å². The Morgan fingerprint density at radius 3 is 2.73 bits per heavy atom. The second-order valence-electron chi connectivity index (χ2n) is 9.89. The van der Waals surface area contributed by atoms with Crippen molar-refractivity contribution in [2.75, 3.05) is 13.2 Å². The second kappa shape index (κ2) is 8.07. The van der Waals surface area contributed by atoms with Gasteiger partial charge in [-0.25, -0.2) is 4.79 Å². The van der Waals surface area contributed by atoms with Crippen LogP contribution in [0.3, 0.4) is 0 Å². The van der Waals surface area contributed by atoms with Crippen LogP contribution in [0.2, 0.25) is 5.02 Å².